The Hall–Kier alpha value is -1.10. The fourth-order valence-electron chi connectivity index (χ4n) is 1.11. The van der Waals surface area contributed by atoms with E-state index in [9.17, 15) is 9.59 Å². The summed E-state index contributed by atoms with van der Waals surface area (Å²) in [4.78, 5) is 22.4. The highest BCUT2D eigenvalue weighted by Gasteiger charge is 2.22. The van der Waals surface area contributed by atoms with Crippen LogP contribution in [0.4, 0.5) is 0 Å². The van der Waals surface area contributed by atoms with Crippen LogP contribution in [0.2, 0.25) is 0 Å². The monoisotopic (exact) mass is 217 g/mol. The lowest BCUT2D eigenvalue weighted by atomic mass is 10.0. The van der Waals surface area contributed by atoms with Crippen LogP contribution in [-0.4, -0.2) is 31.2 Å². The average Bonchev–Trinajstić information content (AvgIpc) is 2.18. The molecule has 0 aromatic rings. The van der Waals surface area contributed by atoms with E-state index in [1.54, 1.807) is 20.8 Å². The molecule has 2 atom stereocenters. The third-order valence-corrected chi connectivity index (χ3v) is 1.89. The topological polar surface area (TPSA) is 78.6 Å². The molecule has 0 saturated carbocycles. The second-order valence-corrected chi connectivity index (χ2v) is 3.25. The molecule has 0 aliphatic rings. The van der Waals surface area contributed by atoms with Crippen molar-refractivity contribution in [1.29, 1.82) is 0 Å². The molecule has 15 heavy (non-hydrogen) atoms. The van der Waals surface area contributed by atoms with Gasteiger partial charge in [-0.25, -0.2) is 0 Å². The van der Waals surface area contributed by atoms with E-state index in [0.29, 0.717) is 13.2 Å². The number of esters is 2. The maximum absolute atomic E-state index is 11.2. The van der Waals surface area contributed by atoms with Crippen LogP contribution in [0, 0.1) is 5.92 Å². The molecule has 0 aromatic heterocycles. The molecule has 5 nitrogen and oxygen atoms in total. The molecule has 0 amide bonds. The molecular formula is C10H19NO4. The highest BCUT2D eigenvalue weighted by molar-refractivity contribution is 5.77. The Morgan fingerprint density at radius 2 is 1.60 bits per heavy atom. The van der Waals surface area contributed by atoms with E-state index in [-0.39, 0.29) is 18.3 Å². The standard InChI is InChI=1S/C10H19NO4/c1-4-14-9(12)7(3)6-8(11)10(13)15-5-2/h7-8H,4-6,11H2,1-3H3/t7-,8+/m0/s1. The minimum Gasteiger partial charge on any atom is -0.466 e. The number of ether oxygens (including phenoxy) is 2. The van der Waals surface area contributed by atoms with Crippen LogP contribution in [0.25, 0.3) is 0 Å². The van der Waals surface area contributed by atoms with Gasteiger partial charge in [-0.15, -0.1) is 0 Å². The number of hydrogen-bond acceptors (Lipinski definition) is 5. The Morgan fingerprint density at radius 1 is 1.13 bits per heavy atom. The van der Waals surface area contributed by atoms with Crippen molar-refractivity contribution in [1.82, 2.24) is 0 Å². The van der Waals surface area contributed by atoms with Gasteiger partial charge >= 0.3 is 11.9 Å². The normalized spacial score (nSPS) is 14.1. The summed E-state index contributed by atoms with van der Waals surface area (Å²) >= 11 is 0. The largest absolute Gasteiger partial charge is 0.466 e. The SMILES string of the molecule is CCOC(=O)[C@H](N)C[C@H](C)C(=O)OCC. The van der Waals surface area contributed by atoms with E-state index in [4.69, 9.17) is 15.2 Å². The molecule has 0 unspecified atom stereocenters. The summed E-state index contributed by atoms with van der Waals surface area (Å²) in [6.07, 6.45) is 0.248. The predicted octanol–water partition coefficient (Wildman–Crippen LogP) is 0.466. The van der Waals surface area contributed by atoms with Crippen LogP contribution in [0.3, 0.4) is 0 Å². The molecule has 0 radical (unpaired) electrons. The molecule has 2 N–H and O–H groups in total. The third-order valence-electron chi connectivity index (χ3n) is 1.89. The van der Waals surface area contributed by atoms with Gasteiger partial charge in [0.15, 0.2) is 0 Å². The second-order valence-electron chi connectivity index (χ2n) is 3.25. The summed E-state index contributed by atoms with van der Waals surface area (Å²) in [7, 11) is 0. The van der Waals surface area contributed by atoms with Gasteiger partial charge in [0.1, 0.15) is 6.04 Å². The van der Waals surface area contributed by atoms with Crippen LogP contribution in [0.1, 0.15) is 27.2 Å². The molecule has 0 aliphatic carbocycles. The lowest BCUT2D eigenvalue weighted by Gasteiger charge is -2.14. The van der Waals surface area contributed by atoms with Gasteiger partial charge in [0.05, 0.1) is 19.1 Å². The highest BCUT2D eigenvalue weighted by atomic mass is 16.5. The minimum absolute atomic E-state index is 0.248. The zero-order valence-electron chi connectivity index (χ0n) is 9.49. The molecule has 0 saturated heterocycles. The smallest absolute Gasteiger partial charge is 0.322 e. The van der Waals surface area contributed by atoms with Crippen molar-refractivity contribution in [2.75, 3.05) is 13.2 Å². The number of hydrogen-bond donors (Lipinski definition) is 1. The average molecular weight is 217 g/mol. The fraction of sp³-hybridized carbons (Fsp3) is 0.800. The highest BCUT2D eigenvalue weighted by Crippen LogP contribution is 2.08. The minimum atomic E-state index is -0.760. The molecule has 5 heteroatoms. The Morgan fingerprint density at radius 3 is 2.07 bits per heavy atom. The quantitative estimate of drug-likeness (QED) is 0.654. The van der Waals surface area contributed by atoms with E-state index in [1.165, 1.54) is 0 Å². The van der Waals surface area contributed by atoms with Crippen molar-refractivity contribution in [3.05, 3.63) is 0 Å². The van der Waals surface area contributed by atoms with Gasteiger partial charge < -0.3 is 15.2 Å². The lowest BCUT2D eigenvalue weighted by Crippen LogP contribution is -2.35. The van der Waals surface area contributed by atoms with E-state index in [0.717, 1.165) is 0 Å². The summed E-state index contributed by atoms with van der Waals surface area (Å²) in [6, 6.07) is -0.760. The first-order valence-corrected chi connectivity index (χ1v) is 5.11. The molecule has 0 spiro atoms. The number of nitrogens with two attached hydrogens (primary N) is 1. The van der Waals surface area contributed by atoms with Crippen molar-refractivity contribution < 1.29 is 19.1 Å². The fourth-order valence-corrected chi connectivity index (χ4v) is 1.11. The van der Waals surface area contributed by atoms with Gasteiger partial charge in [0, 0.05) is 0 Å². The van der Waals surface area contributed by atoms with Gasteiger partial charge in [-0.05, 0) is 20.3 Å². The first-order chi connectivity index (χ1) is 7.02. The van der Waals surface area contributed by atoms with Gasteiger partial charge in [0.25, 0.3) is 0 Å². The zero-order chi connectivity index (χ0) is 11.8. The zero-order valence-corrected chi connectivity index (χ0v) is 9.49. The maximum Gasteiger partial charge on any atom is 0.322 e. The predicted molar refractivity (Wildman–Crippen MR) is 55.0 cm³/mol. The number of carbonyl (C=O) groups excluding carboxylic acids is 2. The van der Waals surface area contributed by atoms with E-state index >= 15 is 0 Å². The molecule has 88 valence electrons. The Bertz CT molecular complexity index is 195. The van der Waals surface area contributed by atoms with Crippen LogP contribution in [0.15, 0.2) is 0 Å². The summed E-state index contributed by atoms with van der Waals surface area (Å²) in [6.45, 7) is 5.74. The summed E-state index contributed by atoms with van der Waals surface area (Å²) < 4.78 is 9.53. The van der Waals surface area contributed by atoms with Crippen LogP contribution in [0.5, 0.6) is 0 Å². The summed E-state index contributed by atoms with van der Waals surface area (Å²) in [5.74, 6) is -1.20. The first-order valence-electron chi connectivity index (χ1n) is 5.11. The third kappa shape index (κ3) is 5.37. The van der Waals surface area contributed by atoms with Crippen molar-refractivity contribution in [2.45, 2.75) is 33.2 Å². The number of rotatable bonds is 6. The Balaban J connectivity index is 3.99. The van der Waals surface area contributed by atoms with Crippen LogP contribution in [-0.2, 0) is 19.1 Å². The molecule has 0 bridgehead atoms. The number of carbonyl (C=O) groups is 2. The van der Waals surface area contributed by atoms with Gasteiger partial charge in [-0.1, -0.05) is 6.92 Å². The Labute approximate surface area is 89.9 Å². The second kappa shape index (κ2) is 7.23. The molecule has 0 fully saturated rings. The van der Waals surface area contributed by atoms with Gasteiger partial charge in [-0.2, -0.15) is 0 Å². The van der Waals surface area contributed by atoms with Crippen molar-refractivity contribution in [3.8, 4) is 0 Å². The lowest BCUT2D eigenvalue weighted by molar-refractivity contribution is -0.149. The van der Waals surface area contributed by atoms with Crippen molar-refractivity contribution in [3.63, 3.8) is 0 Å². The van der Waals surface area contributed by atoms with Gasteiger partial charge in [0.2, 0.25) is 0 Å². The molecule has 0 heterocycles. The summed E-state index contributed by atoms with van der Waals surface area (Å²) in [5, 5.41) is 0. The molecule has 0 aliphatic heterocycles. The van der Waals surface area contributed by atoms with Gasteiger partial charge in [-0.3, -0.25) is 9.59 Å². The van der Waals surface area contributed by atoms with Crippen LogP contribution >= 0.6 is 0 Å². The van der Waals surface area contributed by atoms with E-state index in [1.807, 2.05) is 0 Å². The van der Waals surface area contributed by atoms with Crippen molar-refractivity contribution in [2.24, 2.45) is 11.7 Å². The Kier molecular flexibility index (Phi) is 6.70. The van der Waals surface area contributed by atoms with Crippen molar-refractivity contribution >= 4 is 11.9 Å². The van der Waals surface area contributed by atoms with E-state index < -0.39 is 12.0 Å². The molecule has 0 aromatic carbocycles. The molecule has 0 rings (SSSR count). The van der Waals surface area contributed by atoms with E-state index in [2.05, 4.69) is 0 Å². The first kappa shape index (κ1) is 13.9. The molecular weight excluding hydrogens is 198 g/mol. The van der Waals surface area contributed by atoms with Crippen LogP contribution < -0.4 is 5.73 Å². The maximum atomic E-state index is 11.2. The summed E-state index contributed by atoms with van der Waals surface area (Å²) in [5.41, 5.74) is 5.56.